The van der Waals surface area contributed by atoms with E-state index >= 15 is 0 Å². The van der Waals surface area contributed by atoms with Crippen molar-refractivity contribution in [1.82, 2.24) is 4.90 Å². The number of hydrogen-bond donors (Lipinski definition) is 2. The molecule has 0 aliphatic carbocycles. The van der Waals surface area contributed by atoms with Crippen molar-refractivity contribution in [3.8, 4) is 0 Å². The highest BCUT2D eigenvalue weighted by Crippen LogP contribution is 2.13. The fourth-order valence-corrected chi connectivity index (χ4v) is 1.95. The Hall–Kier alpha value is -0.120. The summed E-state index contributed by atoms with van der Waals surface area (Å²) in [6.07, 6.45) is 2.99. The summed E-state index contributed by atoms with van der Waals surface area (Å²) in [5, 5.41) is 9.80. The van der Waals surface area contributed by atoms with Crippen LogP contribution < -0.4 is 5.73 Å². The molecular formula is C14H32N2O. The van der Waals surface area contributed by atoms with E-state index in [4.69, 9.17) is 5.73 Å². The van der Waals surface area contributed by atoms with Crippen molar-refractivity contribution >= 4 is 0 Å². The van der Waals surface area contributed by atoms with Gasteiger partial charge >= 0.3 is 0 Å². The Labute approximate surface area is 107 Å². The van der Waals surface area contributed by atoms with Crippen molar-refractivity contribution in [2.75, 3.05) is 19.6 Å². The highest BCUT2D eigenvalue weighted by atomic mass is 16.3. The van der Waals surface area contributed by atoms with Gasteiger partial charge < -0.3 is 15.7 Å². The molecule has 0 saturated heterocycles. The molecule has 0 amide bonds. The predicted molar refractivity (Wildman–Crippen MR) is 75.1 cm³/mol. The average molecular weight is 244 g/mol. The van der Waals surface area contributed by atoms with Gasteiger partial charge in [0.1, 0.15) is 0 Å². The van der Waals surface area contributed by atoms with Crippen molar-refractivity contribution in [1.29, 1.82) is 0 Å². The van der Waals surface area contributed by atoms with Gasteiger partial charge in [0.05, 0.1) is 5.60 Å². The van der Waals surface area contributed by atoms with Gasteiger partial charge in [-0.2, -0.15) is 0 Å². The van der Waals surface area contributed by atoms with Gasteiger partial charge in [-0.25, -0.2) is 0 Å². The lowest BCUT2D eigenvalue weighted by molar-refractivity contribution is 0.0558. The van der Waals surface area contributed by atoms with E-state index in [-0.39, 0.29) is 0 Å². The highest BCUT2D eigenvalue weighted by Gasteiger charge is 2.17. The largest absolute Gasteiger partial charge is 0.389 e. The van der Waals surface area contributed by atoms with Crippen LogP contribution in [0.1, 0.15) is 53.9 Å². The molecule has 17 heavy (non-hydrogen) atoms. The summed E-state index contributed by atoms with van der Waals surface area (Å²) < 4.78 is 0. The molecule has 0 heterocycles. The molecule has 0 saturated carbocycles. The number of unbranched alkanes of at least 4 members (excludes halogenated alkanes) is 1. The molecule has 0 aromatic carbocycles. The monoisotopic (exact) mass is 244 g/mol. The van der Waals surface area contributed by atoms with Gasteiger partial charge in [-0.15, -0.1) is 0 Å². The van der Waals surface area contributed by atoms with Crippen LogP contribution in [0, 0.1) is 5.92 Å². The summed E-state index contributed by atoms with van der Waals surface area (Å²) >= 11 is 0. The maximum absolute atomic E-state index is 9.80. The zero-order chi connectivity index (χ0) is 13.5. The van der Waals surface area contributed by atoms with E-state index in [2.05, 4.69) is 32.6 Å². The first-order chi connectivity index (χ1) is 7.78. The summed E-state index contributed by atoms with van der Waals surface area (Å²) in [5.41, 5.74) is 4.82. The van der Waals surface area contributed by atoms with Crippen molar-refractivity contribution < 1.29 is 5.11 Å². The first kappa shape index (κ1) is 16.9. The third-order valence-electron chi connectivity index (χ3n) is 3.18. The summed E-state index contributed by atoms with van der Waals surface area (Å²) in [6, 6.07) is 0.604. The number of rotatable bonds is 9. The van der Waals surface area contributed by atoms with Crippen molar-refractivity contribution in [3.63, 3.8) is 0 Å². The smallest absolute Gasteiger partial charge is 0.0741 e. The molecule has 1 atom stereocenters. The molecule has 0 spiro atoms. The Morgan fingerprint density at radius 3 is 2.18 bits per heavy atom. The van der Waals surface area contributed by atoms with Crippen LogP contribution >= 0.6 is 0 Å². The molecule has 0 aromatic heterocycles. The topological polar surface area (TPSA) is 49.5 Å². The normalized spacial score (nSPS) is 15.9. The molecule has 0 rings (SSSR count). The van der Waals surface area contributed by atoms with E-state index in [1.807, 2.05) is 6.92 Å². The molecule has 0 aromatic rings. The van der Waals surface area contributed by atoms with Crippen molar-refractivity contribution in [2.45, 2.75) is 65.5 Å². The lowest BCUT2D eigenvalue weighted by Gasteiger charge is -2.28. The standard InChI is InChI=1S/C14H32N2O/c1-12(2)10-16(13(3)4)9-7-6-8-14(5,17)11-15/h12-13,17H,6-11,15H2,1-5H3. The zero-order valence-electron chi connectivity index (χ0n) is 12.4. The highest BCUT2D eigenvalue weighted by molar-refractivity contribution is 4.73. The lowest BCUT2D eigenvalue weighted by Crippen LogP contribution is -2.36. The van der Waals surface area contributed by atoms with Gasteiger partial charge in [0.2, 0.25) is 0 Å². The Morgan fingerprint density at radius 1 is 1.18 bits per heavy atom. The zero-order valence-corrected chi connectivity index (χ0v) is 12.4. The van der Waals surface area contributed by atoms with Gasteiger partial charge in [-0.1, -0.05) is 13.8 Å². The van der Waals surface area contributed by atoms with E-state index in [9.17, 15) is 5.11 Å². The molecule has 1 unspecified atom stereocenters. The number of hydrogen-bond acceptors (Lipinski definition) is 3. The van der Waals surface area contributed by atoms with Crippen LogP contribution in [0.15, 0.2) is 0 Å². The maximum atomic E-state index is 9.80. The summed E-state index contributed by atoms with van der Waals surface area (Å²) in [6.45, 7) is 13.5. The molecule has 0 radical (unpaired) electrons. The van der Waals surface area contributed by atoms with Crippen LogP contribution in [0.3, 0.4) is 0 Å². The van der Waals surface area contributed by atoms with Gasteiger partial charge in [-0.3, -0.25) is 0 Å². The van der Waals surface area contributed by atoms with E-state index in [0.717, 1.165) is 32.4 Å². The van der Waals surface area contributed by atoms with Crippen molar-refractivity contribution in [3.05, 3.63) is 0 Å². The van der Waals surface area contributed by atoms with Gasteiger partial charge in [0.25, 0.3) is 0 Å². The van der Waals surface area contributed by atoms with Gasteiger partial charge in [0.15, 0.2) is 0 Å². The molecule has 3 nitrogen and oxygen atoms in total. The Balaban J connectivity index is 3.83. The second-order valence-corrected chi connectivity index (χ2v) is 6.14. The third kappa shape index (κ3) is 8.58. The van der Waals surface area contributed by atoms with E-state index < -0.39 is 5.60 Å². The van der Waals surface area contributed by atoms with Gasteiger partial charge in [0, 0.05) is 19.1 Å². The molecule has 3 N–H and O–H groups in total. The Kier molecular flexibility index (Phi) is 8.01. The SMILES string of the molecule is CC(C)CN(CCCCC(C)(O)CN)C(C)C. The first-order valence-electron chi connectivity index (χ1n) is 6.95. The maximum Gasteiger partial charge on any atom is 0.0741 e. The molecule has 0 aliphatic rings. The molecule has 104 valence electrons. The van der Waals surface area contributed by atoms with Crippen LogP contribution in [0.25, 0.3) is 0 Å². The quantitative estimate of drug-likeness (QED) is 0.612. The molecule has 3 heteroatoms. The fraction of sp³-hybridized carbons (Fsp3) is 1.00. The van der Waals surface area contributed by atoms with E-state index in [1.54, 1.807) is 0 Å². The second kappa shape index (κ2) is 8.06. The van der Waals surface area contributed by atoms with Crippen LogP contribution in [-0.4, -0.2) is 41.3 Å². The van der Waals surface area contributed by atoms with E-state index in [1.165, 1.54) is 0 Å². The van der Waals surface area contributed by atoms with Crippen molar-refractivity contribution in [2.24, 2.45) is 11.7 Å². The van der Waals surface area contributed by atoms with Crippen LogP contribution in [0.4, 0.5) is 0 Å². The summed E-state index contributed by atoms with van der Waals surface area (Å²) in [4.78, 5) is 2.52. The van der Waals surface area contributed by atoms with Crippen LogP contribution in [0.2, 0.25) is 0 Å². The minimum atomic E-state index is -0.680. The third-order valence-corrected chi connectivity index (χ3v) is 3.18. The number of aliphatic hydroxyl groups is 1. The van der Waals surface area contributed by atoms with Crippen LogP contribution in [-0.2, 0) is 0 Å². The molecular weight excluding hydrogens is 212 g/mol. The minimum absolute atomic E-state index is 0.354. The Morgan fingerprint density at radius 2 is 1.76 bits per heavy atom. The Bertz CT molecular complexity index is 191. The average Bonchev–Trinajstić information content (AvgIpc) is 2.21. The van der Waals surface area contributed by atoms with E-state index in [0.29, 0.717) is 18.5 Å². The fourth-order valence-electron chi connectivity index (χ4n) is 1.95. The van der Waals surface area contributed by atoms with Gasteiger partial charge in [-0.05, 0) is 52.5 Å². The van der Waals surface area contributed by atoms with Crippen LogP contribution in [0.5, 0.6) is 0 Å². The number of nitrogens with two attached hydrogens (primary N) is 1. The minimum Gasteiger partial charge on any atom is -0.389 e. The summed E-state index contributed by atoms with van der Waals surface area (Å²) in [5.74, 6) is 0.713. The predicted octanol–water partition coefficient (Wildman–Crippen LogP) is 2.23. The molecule has 0 bridgehead atoms. The second-order valence-electron chi connectivity index (χ2n) is 6.14. The lowest BCUT2D eigenvalue weighted by atomic mass is 9.99. The first-order valence-corrected chi connectivity index (χ1v) is 6.95. The number of nitrogens with zero attached hydrogens (tertiary/aromatic N) is 1. The molecule has 0 fully saturated rings. The summed E-state index contributed by atoms with van der Waals surface area (Å²) in [7, 11) is 0. The molecule has 0 aliphatic heterocycles.